The summed E-state index contributed by atoms with van der Waals surface area (Å²) in [5.74, 6) is -0.101. The molecule has 0 aromatic heterocycles. The van der Waals surface area contributed by atoms with E-state index in [1.807, 2.05) is 13.8 Å². The van der Waals surface area contributed by atoms with E-state index in [1.54, 1.807) is 0 Å². The molecule has 2 aliphatic rings. The van der Waals surface area contributed by atoms with Crippen LogP contribution < -0.4 is 6.15 Å². The minimum atomic E-state index is -4.08. The van der Waals surface area contributed by atoms with E-state index in [0.717, 1.165) is 6.42 Å². The third-order valence-electron chi connectivity index (χ3n) is 4.57. The Morgan fingerprint density at radius 3 is 2.31 bits per heavy atom. The molecule has 0 aromatic rings. The van der Waals surface area contributed by atoms with Crippen molar-refractivity contribution in [3.8, 4) is 0 Å². The van der Waals surface area contributed by atoms with Crippen molar-refractivity contribution in [1.82, 2.24) is 6.15 Å². The molecular weight excluding hydrogens is 230 g/mol. The summed E-state index contributed by atoms with van der Waals surface area (Å²) in [6.07, 6.45) is 1.97. The van der Waals surface area contributed by atoms with Crippen molar-refractivity contribution in [2.75, 3.05) is 5.75 Å². The van der Waals surface area contributed by atoms with Gasteiger partial charge in [-0.05, 0) is 24.2 Å². The van der Waals surface area contributed by atoms with Gasteiger partial charge >= 0.3 is 0 Å². The van der Waals surface area contributed by atoms with E-state index in [1.165, 1.54) is 0 Å². The zero-order valence-electron chi connectivity index (χ0n) is 9.69. The summed E-state index contributed by atoms with van der Waals surface area (Å²) in [5.41, 5.74) is -1.12. The minimum absolute atomic E-state index is 0. The second-order valence-electron chi connectivity index (χ2n) is 5.39. The summed E-state index contributed by atoms with van der Waals surface area (Å²) in [6, 6.07) is 0. The van der Waals surface area contributed by atoms with Crippen LogP contribution in [0.1, 0.15) is 33.1 Å². The Kier molecular flexibility index (Phi) is 2.99. The standard InChI is InChI=1S/C10H16O4S.H3N/c1-9(2)7-3-4-10(9,8(11)5-7)6-15(12,13)14;/h7H,3-6H2,1-2H3,(H,12,13,14);1H3/t7-,10-;/m0./s1. The van der Waals surface area contributed by atoms with Crippen LogP contribution in [-0.2, 0) is 14.9 Å². The van der Waals surface area contributed by atoms with Crippen LogP contribution in [0.2, 0.25) is 0 Å². The van der Waals surface area contributed by atoms with Crippen molar-refractivity contribution >= 4 is 15.9 Å². The van der Waals surface area contributed by atoms with Gasteiger partial charge < -0.3 is 6.15 Å². The molecule has 4 N–H and O–H groups in total. The highest BCUT2D eigenvalue weighted by atomic mass is 32.2. The average Bonchev–Trinajstić information content (AvgIpc) is 2.34. The molecule has 2 aliphatic carbocycles. The molecule has 2 atom stereocenters. The van der Waals surface area contributed by atoms with Crippen LogP contribution in [0.3, 0.4) is 0 Å². The van der Waals surface area contributed by atoms with E-state index in [9.17, 15) is 13.2 Å². The lowest BCUT2D eigenvalue weighted by molar-refractivity contribution is -0.128. The van der Waals surface area contributed by atoms with Crippen LogP contribution in [0.5, 0.6) is 0 Å². The van der Waals surface area contributed by atoms with Gasteiger partial charge in [0.05, 0.1) is 11.2 Å². The van der Waals surface area contributed by atoms with E-state index in [-0.39, 0.29) is 23.3 Å². The molecule has 0 spiro atoms. The summed E-state index contributed by atoms with van der Waals surface area (Å²) in [5, 5.41) is 0. The lowest BCUT2D eigenvalue weighted by Gasteiger charge is -2.35. The van der Waals surface area contributed by atoms with Gasteiger partial charge in [-0.25, -0.2) is 0 Å². The fraction of sp³-hybridized carbons (Fsp3) is 0.900. The fourth-order valence-electron chi connectivity index (χ4n) is 3.42. The zero-order valence-corrected chi connectivity index (χ0v) is 10.5. The average molecular weight is 249 g/mol. The number of Topliss-reactive ketones (excluding diaryl/α,β-unsaturated/α-hetero) is 1. The SMILES string of the molecule is CC1(C)[C@H]2CC[C@]1(CS(=O)(=O)O)C(=O)C2.N. The van der Waals surface area contributed by atoms with Crippen LogP contribution >= 0.6 is 0 Å². The first-order chi connectivity index (χ1) is 6.69. The Hall–Kier alpha value is -0.460. The highest BCUT2D eigenvalue weighted by molar-refractivity contribution is 7.85. The van der Waals surface area contributed by atoms with Gasteiger partial charge in [-0.1, -0.05) is 13.8 Å². The normalized spacial score (nSPS) is 36.2. The number of fused-ring (bicyclic) bond motifs is 2. The van der Waals surface area contributed by atoms with Crippen molar-refractivity contribution in [2.45, 2.75) is 33.1 Å². The van der Waals surface area contributed by atoms with Crippen molar-refractivity contribution in [3.63, 3.8) is 0 Å². The van der Waals surface area contributed by atoms with Crippen LogP contribution in [0, 0.1) is 16.7 Å². The summed E-state index contributed by atoms with van der Waals surface area (Å²) in [4.78, 5) is 11.9. The van der Waals surface area contributed by atoms with Crippen LogP contribution in [0.4, 0.5) is 0 Å². The Labute approximate surface area is 95.9 Å². The van der Waals surface area contributed by atoms with Crippen LogP contribution in [-0.4, -0.2) is 24.5 Å². The van der Waals surface area contributed by atoms with E-state index in [2.05, 4.69) is 0 Å². The first-order valence-electron chi connectivity index (χ1n) is 5.17. The molecule has 94 valence electrons. The number of hydrogen-bond acceptors (Lipinski definition) is 4. The van der Waals surface area contributed by atoms with E-state index in [0.29, 0.717) is 12.8 Å². The Bertz CT molecular complexity index is 415. The number of rotatable bonds is 2. The lowest BCUT2D eigenvalue weighted by Crippen LogP contribution is -2.42. The molecule has 0 amide bonds. The Morgan fingerprint density at radius 1 is 1.44 bits per heavy atom. The molecule has 5 nitrogen and oxygen atoms in total. The van der Waals surface area contributed by atoms with Gasteiger partial charge in [-0.2, -0.15) is 8.42 Å². The highest BCUT2D eigenvalue weighted by Crippen LogP contribution is 2.64. The molecule has 0 aliphatic heterocycles. The predicted octanol–water partition coefficient (Wildman–Crippen LogP) is 1.43. The maximum atomic E-state index is 11.9. The molecule has 2 fully saturated rings. The van der Waals surface area contributed by atoms with E-state index >= 15 is 0 Å². The molecule has 2 rings (SSSR count). The fourth-order valence-corrected chi connectivity index (χ4v) is 4.72. The Balaban J connectivity index is 0.00000128. The predicted molar refractivity (Wildman–Crippen MR) is 60.0 cm³/mol. The topological polar surface area (TPSA) is 106 Å². The van der Waals surface area contributed by atoms with E-state index in [4.69, 9.17) is 4.55 Å². The molecule has 0 heterocycles. The maximum absolute atomic E-state index is 11.9. The Morgan fingerprint density at radius 2 is 2.00 bits per heavy atom. The lowest BCUT2D eigenvalue weighted by atomic mass is 9.70. The van der Waals surface area contributed by atoms with Crippen molar-refractivity contribution in [2.24, 2.45) is 16.7 Å². The van der Waals surface area contributed by atoms with E-state index < -0.39 is 21.3 Å². The van der Waals surface area contributed by atoms with Gasteiger partial charge in [0, 0.05) is 6.42 Å². The number of hydrogen-bond donors (Lipinski definition) is 2. The maximum Gasteiger partial charge on any atom is 0.265 e. The third kappa shape index (κ3) is 1.59. The summed E-state index contributed by atoms with van der Waals surface area (Å²) in [6.45, 7) is 3.89. The molecule has 2 saturated carbocycles. The first kappa shape index (κ1) is 13.6. The quantitative estimate of drug-likeness (QED) is 0.720. The zero-order chi connectivity index (χ0) is 11.5. The van der Waals surface area contributed by atoms with Crippen molar-refractivity contribution < 1.29 is 17.8 Å². The largest absolute Gasteiger partial charge is 0.344 e. The molecule has 2 bridgehead atoms. The second-order valence-corrected chi connectivity index (χ2v) is 6.85. The summed E-state index contributed by atoms with van der Waals surface area (Å²) >= 11 is 0. The summed E-state index contributed by atoms with van der Waals surface area (Å²) < 4.78 is 31.0. The minimum Gasteiger partial charge on any atom is -0.344 e. The van der Waals surface area contributed by atoms with Gasteiger partial charge in [-0.3, -0.25) is 9.35 Å². The molecule has 0 unspecified atom stereocenters. The summed E-state index contributed by atoms with van der Waals surface area (Å²) in [7, 11) is -4.08. The second kappa shape index (κ2) is 3.51. The molecule has 16 heavy (non-hydrogen) atoms. The molecule has 0 saturated heterocycles. The monoisotopic (exact) mass is 249 g/mol. The first-order valence-corrected chi connectivity index (χ1v) is 6.78. The van der Waals surface area contributed by atoms with Gasteiger partial charge in [0.25, 0.3) is 10.1 Å². The molecule has 0 radical (unpaired) electrons. The van der Waals surface area contributed by atoms with Gasteiger partial charge in [0.1, 0.15) is 5.78 Å². The van der Waals surface area contributed by atoms with Crippen molar-refractivity contribution in [3.05, 3.63) is 0 Å². The number of carbonyl (C=O) groups excluding carboxylic acids is 1. The smallest absolute Gasteiger partial charge is 0.265 e. The van der Waals surface area contributed by atoms with Crippen LogP contribution in [0.15, 0.2) is 0 Å². The number of ketones is 1. The molecule has 0 aromatic carbocycles. The number of carbonyl (C=O) groups is 1. The molecule has 6 heteroatoms. The molecular formula is C10H19NO4S. The highest BCUT2D eigenvalue weighted by Gasteiger charge is 2.65. The van der Waals surface area contributed by atoms with Gasteiger partial charge in [0.2, 0.25) is 0 Å². The third-order valence-corrected chi connectivity index (χ3v) is 5.43. The van der Waals surface area contributed by atoms with Crippen molar-refractivity contribution in [1.29, 1.82) is 0 Å². The van der Waals surface area contributed by atoms with Crippen LogP contribution in [0.25, 0.3) is 0 Å². The van der Waals surface area contributed by atoms with Gasteiger partial charge in [-0.15, -0.1) is 0 Å². The van der Waals surface area contributed by atoms with Gasteiger partial charge in [0.15, 0.2) is 0 Å².